The number of benzene rings is 1. The Morgan fingerprint density at radius 1 is 1.32 bits per heavy atom. The Kier molecular flexibility index (Phi) is 4.93. The highest BCUT2D eigenvalue weighted by atomic mass is 15.3. The summed E-state index contributed by atoms with van der Waals surface area (Å²) in [5.41, 5.74) is 2.29. The molecule has 3 nitrogen and oxygen atoms in total. The van der Waals surface area contributed by atoms with Gasteiger partial charge in [-0.15, -0.1) is 0 Å². The van der Waals surface area contributed by atoms with Crippen molar-refractivity contribution >= 4 is 6.08 Å². The first-order chi connectivity index (χ1) is 9.29. The van der Waals surface area contributed by atoms with Crippen LogP contribution in [0.25, 0.3) is 11.8 Å². The fourth-order valence-electron chi connectivity index (χ4n) is 1.86. The minimum atomic E-state index is 0.408. The molecule has 0 fully saturated rings. The molecule has 1 heterocycles. The molecule has 0 spiro atoms. The van der Waals surface area contributed by atoms with Gasteiger partial charge >= 0.3 is 0 Å². The molecule has 0 aliphatic rings. The van der Waals surface area contributed by atoms with Crippen molar-refractivity contribution in [1.29, 1.82) is 0 Å². The van der Waals surface area contributed by atoms with Crippen LogP contribution >= 0.6 is 0 Å². The third-order valence-electron chi connectivity index (χ3n) is 2.96. The molecule has 100 valence electrons. The summed E-state index contributed by atoms with van der Waals surface area (Å²) in [7, 11) is 0. The first-order valence-corrected chi connectivity index (χ1v) is 6.81. The molecule has 1 aromatic heterocycles. The Morgan fingerprint density at radius 3 is 2.74 bits per heavy atom. The van der Waals surface area contributed by atoms with E-state index < -0.39 is 0 Å². The van der Waals surface area contributed by atoms with Crippen LogP contribution in [0.3, 0.4) is 0 Å². The molecule has 1 atom stereocenters. The highest BCUT2D eigenvalue weighted by molar-refractivity contribution is 5.52. The first-order valence-electron chi connectivity index (χ1n) is 6.81. The molecule has 19 heavy (non-hydrogen) atoms. The quantitative estimate of drug-likeness (QED) is 0.858. The van der Waals surface area contributed by atoms with E-state index in [4.69, 9.17) is 0 Å². The zero-order chi connectivity index (χ0) is 13.5. The second-order valence-electron chi connectivity index (χ2n) is 4.64. The summed E-state index contributed by atoms with van der Waals surface area (Å²) < 4.78 is 1.86. The number of rotatable bonds is 6. The van der Waals surface area contributed by atoms with Crippen molar-refractivity contribution in [1.82, 2.24) is 15.1 Å². The summed E-state index contributed by atoms with van der Waals surface area (Å²) in [5, 5.41) is 7.65. The van der Waals surface area contributed by atoms with Crippen LogP contribution in [0, 0.1) is 0 Å². The van der Waals surface area contributed by atoms with Gasteiger partial charge in [-0.1, -0.05) is 31.2 Å². The summed E-state index contributed by atoms with van der Waals surface area (Å²) in [6.07, 6.45) is 9.24. The van der Waals surface area contributed by atoms with E-state index >= 15 is 0 Å². The second kappa shape index (κ2) is 6.90. The van der Waals surface area contributed by atoms with E-state index in [9.17, 15) is 0 Å². The molecule has 1 aromatic carbocycles. The molecule has 0 aliphatic heterocycles. The van der Waals surface area contributed by atoms with E-state index in [0.29, 0.717) is 6.04 Å². The summed E-state index contributed by atoms with van der Waals surface area (Å²) in [6.45, 7) is 5.41. The smallest absolute Gasteiger partial charge is 0.0645 e. The third kappa shape index (κ3) is 4.07. The lowest BCUT2D eigenvalue weighted by Crippen LogP contribution is -2.24. The van der Waals surface area contributed by atoms with Crippen molar-refractivity contribution in [2.24, 2.45) is 0 Å². The second-order valence-corrected chi connectivity index (χ2v) is 4.64. The molecular formula is C16H21N3. The third-order valence-corrected chi connectivity index (χ3v) is 2.96. The van der Waals surface area contributed by atoms with E-state index in [-0.39, 0.29) is 0 Å². The minimum absolute atomic E-state index is 0.408. The first kappa shape index (κ1) is 13.6. The van der Waals surface area contributed by atoms with Crippen molar-refractivity contribution in [2.45, 2.75) is 26.3 Å². The molecule has 0 saturated heterocycles. The molecule has 0 saturated carbocycles. The van der Waals surface area contributed by atoms with Gasteiger partial charge in [0.1, 0.15) is 0 Å². The summed E-state index contributed by atoms with van der Waals surface area (Å²) in [5.74, 6) is 0. The van der Waals surface area contributed by atoms with Gasteiger partial charge in [-0.25, -0.2) is 4.68 Å². The maximum atomic E-state index is 4.21. The monoisotopic (exact) mass is 255 g/mol. The topological polar surface area (TPSA) is 29.9 Å². The molecule has 1 unspecified atom stereocenters. The largest absolute Gasteiger partial charge is 0.311 e. The van der Waals surface area contributed by atoms with Gasteiger partial charge < -0.3 is 5.32 Å². The van der Waals surface area contributed by atoms with Crippen LogP contribution in [-0.4, -0.2) is 22.4 Å². The highest BCUT2D eigenvalue weighted by Gasteiger charge is 1.96. The maximum absolute atomic E-state index is 4.21. The van der Waals surface area contributed by atoms with E-state index in [1.54, 1.807) is 6.20 Å². The minimum Gasteiger partial charge on any atom is -0.311 e. The lowest BCUT2D eigenvalue weighted by molar-refractivity contribution is 0.625. The van der Waals surface area contributed by atoms with Gasteiger partial charge in [0.15, 0.2) is 0 Å². The summed E-state index contributed by atoms with van der Waals surface area (Å²) in [6, 6.07) is 10.7. The van der Waals surface area contributed by atoms with Crippen LogP contribution < -0.4 is 5.32 Å². The molecule has 1 N–H and O–H groups in total. The average Bonchev–Trinajstić information content (AvgIpc) is 2.97. The molecule has 0 bridgehead atoms. The lowest BCUT2D eigenvalue weighted by Gasteiger charge is -2.07. The SMILES string of the molecule is CCCNC(C)/C=C/c1ccc(-n2cccn2)cc1. The van der Waals surface area contributed by atoms with Crippen LogP contribution in [0.2, 0.25) is 0 Å². The fourth-order valence-corrected chi connectivity index (χ4v) is 1.86. The highest BCUT2D eigenvalue weighted by Crippen LogP contribution is 2.10. The van der Waals surface area contributed by atoms with Crippen molar-refractivity contribution in [3.8, 4) is 5.69 Å². The number of aromatic nitrogens is 2. The molecule has 2 aromatic rings. The van der Waals surface area contributed by atoms with Crippen LogP contribution in [0.5, 0.6) is 0 Å². The molecular weight excluding hydrogens is 234 g/mol. The Hall–Kier alpha value is -1.87. The zero-order valence-electron chi connectivity index (χ0n) is 11.6. The average molecular weight is 255 g/mol. The standard InChI is InChI=1S/C16H21N3/c1-3-11-17-14(2)5-6-15-7-9-16(10-8-15)19-13-4-12-18-19/h4-10,12-14,17H,3,11H2,1-2H3/b6-5+. The van der Waals surface area contributed by atoms with E-state index in [0.717, 1.165) is 18.7 Å². The van der Waals surface area contributed by atoms with E-state index in [1.807, 2.05) is 16.9 Å². The summed E-state index contributed by atoms with van der Waals surface area (Å²) >= 11 is 0. The molecule has 0 aliphatic carbocycles. The normalized spacial score (nSPS) is 12.9. The van der Waals surface area contributed by atoms with Crippen LogP contribution in [0.4, 0.5) is 0 Å². The Bertz CT molecular complexity index is 497. The molecule has 0 amide bonds. The van der Waals surface area contributed by atoms with Crippen molar-refractivity contribution < 1.29 is 0 Å². The van der Waals surface area contributed by atoms with Crippen LogP contribution in [0.1, 0.15) is 25.8 Å². The Balaban J connectivity index is 1.97. The fraction of sp³-hybridized carbons (Fsp3) is 0.312. The predicted octanol–water partition coefficient (Wildman–Crippen LogP) is 3.27. The number of hydrogen-bond acceptors (Lipinski definition) is 2. The van der Waals surface area contributed by atoms with Gasteiger partial charge in [-0.2, -0.15) is 5.10 Å². The zero-order valence-corrected chi connectivity index (χ0v) is 11.6. The maximum Gasteiger partial charge on any atom is 0.0645 e. The van der Waals surface area contributed by atoms with Crippen molar-refractivity contribution in [3.05, 3.63) is 54.4 Å². The predicted molar refractivity (Wildman–Crippen MR) is 80.4 cm³/mol. The molecule has 3 heteroatoms. The number of hydrogen-bond donors (Lipinski definition) is 1. The van der Waals surface area contributed by atoms with Gasteiger partial charge in [0.2, 0.25) is 0 Å². The van der Waals surface area contributed by atoms with Crippen LogP contribution in [-0.2, 0) is 0 Å². The lowest BCUT2D eigenvalue weighted by atomic mass is 10.1. The van der Waals surface area contributed by atoms with Gasteiger partial charge in [0.25, 0.3) is 0 Å². The van der Waals surface area contributed by atoms with Gasteiger partial charge in [0.05, 0.1) is 5.69 Å². The Morgan fingerprint density at radius 2 is 2.11 bits per heavy atom. The van der Waals surface area contributed by atoms with Gasteiger partial charge in [0, 0.05) is 18.4 Å². The van der Waals surface area contributed by atoms with E-state index in [1.165, 1.54) is 5.56 Å². The molecule has 2 rings (SSSR count). The van der Waals surface area contributed by atoms with Gasteiger partial charge in [-0.05, 0) is 43.7 Å². The van der Waals surface area contributed by atoms with Crippen molar-refractivity contribution in [3.63, 3.8) is 0 Å². The summed E-state index contributed by atoms with van der Waals surface area (Å²) in [4.78, 5) is 0. The number of nitrogens with zero attached hydrogens (tertiary/aromatic N) is 2. The van der Waals surface area contributed by atoms with E-state index in [2.05, 4.69) is 60.7 Å². The Labute approximate surface area is 115 Å². The van der Waals surface area contributed by atoms with Crippen molar-refractivity contribution in [2.75, 3.05) is 6.54 Å². The van der Waals surface area contributed by atoms with Gasteiger partial charge in [-0.3, -0.25) is 0 Å². The molecule has 0 radical (unpaired) electrons. The number of nitrogens with one attached hydrogen (secondary N) is 1. The van der Waals surface area contributed by atoms with Crippen LogP contribution in [0.15, 0.2) is 48.8 Å².